The van der Waals surface area contributed by atoms with Gasteiger partial charge in [0.15, 0.2) is 5.78 Å². The Morgan fingerprint density at radius 3 is 2.35 bits per heavy atom. The minimum Gasteiger partial charge on any atom is -0.389 e. The molecule has 1 heterocycles. The molecule has 0 aliphatic carbocycles. The van der Waals surface area contributed by atoms with E-state index in [4.69, 9.17) is 0 Å². The topological polar surface area (TPSA) is 43.8 Å². The van der Waals surface area contributed by atoms with Crippen molar-refractivity contribution in [2.75, 3.05) is 37.6 Å². The first-order chi connectivity index (χ1) is 9.37. The summed E-state index contributed by atoms with van der Waals surface area (Å²) in [4.78, 5) is 16.2. The summed E-state index contributed by atoms with van der Waals surface area (Å²) in [7, 11) is 0. The molecule has 110 valence electrons. The largest absolute Gasteiger partial charge is 0.389 e. The molecular weight excluding hydrogens is 252 g/mol. The molecule has 20 heavy (non-hydrogen) atoms. The van der Waals surface area contributed by atoms with Gasteiger partial charge in [0.25, 0.3) is 0 Å². The van der Waals surface area contributed by atoms with E-state index in [1.807, 2.05) is 38.1 Å². The molecule has 0 atom stereocenters. The molecule has 1 aliphatic rings. The standard InChI is InChI=1S/C16H24N2O2/c1-13(19)14-6-4-5-7-15(14)18-10-8-17(9-11-18)12-16(2,3)20/h4-7,20H,8-12H2,1-3H3. The zero-order valence-electron chi connectivity index (χ0n) is 12.6. The number of carbonyl (C=O) groups excluding carboxylic acids is 1. The molecule has 2 rings (SSSR count). The predicted octanol–water partition coefficient (Wildman–Crippen LogP) is 1.78. The van der Waals surface area contributed by atoms with Crippen molar-refractivity contribution in [1.82, 2.24) is 4.90 Å². The number of para-hydroxylation sites is 1. The molecule has 1 N–H and O–H groups in total. The number of carbonyl (C=O) groups is 1. The number of β-amino-alcohol motifs (C(OH)–C–C–N with tert-alkyl or cyclic N) is 1. The molecule has 1 saturated heterocycles. The van der Waals surface area contributed by atoms with E-state index in [1.165, 1.54) is 0 Å². The Morgan fingerprint density at radius 2 is 1.80 bits per heavy atom. The second-order valence-corrected chi connectivity index (χ2v) is 6.15. The molecule has 4 nitrogen and oxygen atoms in total. The van der Waals surface area contributed by atoms with E-state index in [0.29, 0.717) is 6.54 Å². The molecule has 0 spiro atoms. The Morgan fingerprint density at radius 1 is 1.20 bits per heavy atom. The molecule has 1 fully saturated rings. The van der Waals surface area contributed by atoms with Gasteiger partial charge in [-0.3, -0.25) is 9.69 Å². The van der Waals surface area contributed by atoms with Gasteiger partial charge in [-0.1, -0.05) is 12.1 Å². The Bertz CT molecular complexity index is 472. The SMILES string of the molecule is CC(=O)c1ccccc1N1CCN(CC(C)(C)O)CC1. The van der Waals surface area contributed by atoms with E-state index in [0.717, 1.165) is 37.4 Å². The van der Waals surface area contributed by atoms with E-state index >= 15 is 0 Å². The fourth-order valence-corrected chi connectivity index (χ4v) is 2.74. The second kappa shape index (κ2) is 5.94. The third-order valence-electron chi connectivity index (χ3n) is 3.61. The summed E-state index contributed by atoms with van der Waals surface area (Å²) < 4.78 is 0. The lowest BCUT2D eigenvalue weighted by molar-refractivity contribution is 0.0345. The van der Waals surface area contributed by atoms with Gasteiger partial charge in [-0.2, -0.15) is 0 Å². The van der Waals surface area contributed by atoms with Crippen molar-refractivity contribution < 1.29 is 9.90 Å². The van der Waals surface area contributed by atoms with Gasteiger partial charge in [0.05, 0.1) is 5.60 Å². The lowest BCUT2D eigenvalue weighted by atomic mass is 10.1. The zero-order chi connectivity index (χ0) is 14.8. The van der Waals surface area contributed by atoms with Gasteiger partial charge < -0.3 is 10.0 Å². The molecule has 0 radical (unpaired) electrons. The average molecular weight is 276 g/mol. The molecular formula is C16H24N2O2. The van der Waals surface area contributed by atoms with Crippen LogP contribution in [0.25, 0.3) is 0 Å². The Hall–Kier alpha value is -1.39. The number of hydrogen-bond acceptors (Lipinski definition) is 4. The quantitative estimate of drug-likeness (QED) is 0.851. The highest BCUT2D eigenvalue weighted by atomic mass is 16.3. The van der Waals surface area contributed by atoms with Crippen LogP contribution in [0.1, 0.15) is 31.1 Å². The summed E-state index contributed by atoms with van der Waals surface area (Å²) in [6, 6.07) is 7.79. The summed E-state index contributed by atoms with van der Waals surface area (Å²) in [5.41, 5.74) is 1.17. The highest BCUT2D eigenvalue weighted by Crippen LogP contribution is 2.22. The maximum Gasteiger partial charge on any atom is 0.161 e. The fourth-order valence-electron chi connectivity index (χ4n) is 2.74. The highest BCUT2D eigenvalue weighted by Gasteiger charge is 2.24. The van der Waals surface area contributed by atoms with Crippen LogP contribution < -0.4 is 4.90 Å². The van der Waals surface area contributed by atoms with E-state index in [1.54, 1.807) is 6.92 Å². The van der Waals surface area contributed by atoms with Gasteiger partial charge in [-0.05, 0) is 32.9 Å². The van der Waals surface area contributed by atoms with Gasteiger partial charge in [0.1, 0.15) is 0 Å². The minimum atomic E-state index is -0.653. The highest BCUT2D eigenvalue weighted by molar-refractivity contribution is 5.99. The minimum absolute atomic E-state index is 0.111. The number of anilines is 1. The van der Waals surface area contributed by atoms with Crippen LogP contribution in [0, 0.1) is 0 Å². The van der Waals surface area contributed by atoms with Crippen LogP contribution >= 0.6 is 0 Å². The normalized spacial score (nSPS) is 17.3. The number of benzene rings is 1. The number of nitrogens with zero attached hydrogens (tertiary/aromatic N) is 2. The van der Waals surface area contributed by atoms with Crippen molar-refractivity contribution in [1.29, 1.82) is 0 Å². The van der Waals surface area contributed by atoms with Crippen LogP contribution in [0.4, 0.5) is 5.69 Å². The van der Waals surface area contributed by atoms with Crippen LogP contribution in [-0.4, -0.2) is 54.1 Å². The number of Topliss-reactive ketones (excluding diaryl/α,β-unsaturated/α-hetero) is 1. The number of hydrogen-bond donors (Lipinski definition) is 1. The van der Waals surface area contributed by atoms with Crippen molar-refractivity contribution >= 4 is 11.5 Å². The smallest absolute Gasteiger partial charge is 0.161 e. The van der Waals surface area contributed by atoms with Crippen LogP contribution in [0.15, 0.2) is 24.3 Å². The van der Waals surface area contributed by atoms with Crippen LogP contribution in [0.5, 0.6) is 0 Å². The van der Waals surface area contributed by atoms with Crippen LogP contribution in [0.3, 0.4) is 0 Å². The van der Waals surface area contributed by atoms with E-state index in [9.17, 15) is 9.90 Å². The first-order valence-corrected chi connectivity index (χ1v) is 7.16. The lowest BCUT2D eigenvalue weighted by Gasteiger charge is -2.38. The van der Waals surface area contributed by atoms with Gasteiger partial charge in [0, 0.05) is 44.0 Å². The maximum absolute atomic E-state index is 11.7. The average Bonchev–Trinajstić information content (AvgIpc) is 2.38. The third kappa shape index (κ3) is 3.81. The van der Waals surface area contributed by atoms with Crippen molar-refractivity contribution in [2.45, 2.75) is 26.4 Å². The molecule has 0 saturated carbocycles. The molecule has 0 aromatic heterocycles. The zero-order valence-corrected chi connectivity index (χ0v) is 12.6. The van der Waals surface area contributed by atoms with Crippen LogP contribution in [-0.2, 0) is 0 Å². The van der Waals surface area contributed by atoms with Gasteiger partial charge in [-0.15, -0.1) is 0 Å². The Kier molecular flexibility index (Phi) is 4.45. The molecule has 0 unspecified atom stereocenters. The maximum atomic E-state index is 11.7. The molecule has 4 heteroatoms. The number of ketones is 1. The number of aliphatic hydroxyl groups is 1. The van der Waals surface area contributed by atoms with Gasteiger partial charge in [-0.25, -0.2) is 0 Å². The predicted molar refractivity (Wildman–Crippen MR) is 81.4 cm³/mol. The molecule has 0 amide bonds. The fraction of sp³-hybridized carbons (Fsp3) is 0.562. The van der Waals surface area contributed by atoms with E-state index in [-0.39, 0.29) is 5.78 Å². The Balaban J connectivity index is 2.03. The molecule has 1 aromatic rings. The summed E-state index contributed by atoms with van der Waals surface area (Å²) in [6.07, 6.45) is 0. The first kappa shape index (κ1) is 15.0. The first-order valence-electron chi connectivity index (χ1n) is 7.16. The summed E-state index contributed by atoms with van der Waals surface area (Å²) in [5, 5.41) is 9.87. The summed E-state index contributed by atoms with van der Waals surface area (Å²) >= 11 is 0. The van der Waals surface area contributed by atoms with Crippen molar-refractivity contribution in [2.24, 2.45) is 0 Å². The van der Waals surface area contributed by atoms with E-state index in [2.05, 4.69) is 9.80 Å². The van der Waals surface area contributed by atoms with Crippen molar-refractivity contribution in [3.8, 4) is 0 Å². The molecule has 1 aliphatic heterocycles. The third-order valence-corrected chi connectivity index (χ3v) is 3.61. The van der Waals surface area contributed by atoms with Crippen molar-refractivity contribution in [3.05, 3.63) is 29.8 Å². The summed E-state index contributed by atoms with van der Waals surface area (Å²) in [5.74, 6) is 0.111. The van der Waals surface area contributed by atoms with Crippen molar-refractivity contribution in [3.63, 3.8) is 0 Å². The van der Waals surface area contributed by atoms with Crippen LogP contribution in [0.2, 0.25) is 0 Å². The lowest BCUT2D eigenvalue weighted by Crippen LogP contribution is -2.50. The summed E-state index contributed by atoms with van der Waals surface area (Å²) in [6.45, 7) is 9.58. The van der Waals surface area contributed by atoms with E-state index < -0.39 is 5.60 Å². The molecule has 0 bridgehead atoms. The van der Waals surface area contributed by atoms with Gasteiger partial charge >= 0.3 is 0 Å². The monoisotopic (exact) mass is 276 g/mol. The number of rotatable bonds is 4. The number of piperazine rings is 1. The molecule has 1 aromatic carbocycles. The Labute approximate surface area is 121 Å². The second-order valence-electron chi connectivity index (χ2n) is 6.15. The van der Waals surface area contributed by atoms with Gasteiger partial charge in [0.2, 0.25) is 0 Å².